The van der Waals surface area contributed by atoms with E-state index in [2.05, 4.69) is 4.52 Å². The SMILES string of the molecule is CC(N)(CCc1ccc(OCCCc2ccc(CCCCCCCCCC(F)(F)F)cc2)c(C(F)(F)F)c1)COP(=O)(O)O. The van der Waals surface area contributed by atoms with Crippen LogP contribution in [0.25, 0.3) is 0 Å². The van der Waals surface area contributed by atoms with E-state index in [0.29, 0.717) is 24.8 Å². The van der Waals surface area contributed by atoms with Gasteiger partial charge in [0.25, 0.3) is 0 Å². The topological polar surface area (TPSA) is 102 Å². The molecule has 1 atom stereocenters. The minimum Gasteiger partial charge on any atom is -0.493 e. The predicted octanol–water partition coefficient (Wildman–Crippen LogP) is 8.70. The molecule has 250 valence electrons. The number of halogens is 6. The predicted molar refractivity (Wildman–Crippen MR) is 157 cm³/mol. The van der Waals surface area contributed by atoms with E-state index in [0.717, 1.165) is 50.2 Å². The van der Waals surface area contributed by atoms with Crippen molar-refractivity contribution in [1.29, 1.82) is 0 Å². The first-order valence-corrected chi connectivity index (χ1v) is 16.4. The van der Waals surface area contributed by atoms with Crippen molar-refractivity contribution in [3.8, 4) is 5.75 Å². The summed E-state index contributed by atoms with van der Waals surface area (Å²) >= 11 is 0. The van der Waals surface area contributed by atoms with E-state index in [1.807, 2.05) is 24.3 Å². The fourth-order valence-electron chi connectivity index (χ4n) is 4.68. The van der Waals surface area contributed by atoms with Gasteiger partial charge < -0.3 is 20.3 Å². The van der Waals surface area contributed by atoms with Crippen LogP contribution in [-0.4, -0.2) is 34.7 Å². The summed E-state index contributed by atoms with van der Waals surface area (Å²) in [4.78, 5) is 17.7. The summed E-state index contributed by atoms with van der Waals surface area (Å²) < 4.78 is 98.5. The number of hydrogen-bond acceptors (Lipinski definition) is 4. The van der Waals surface area contributed by atoms with Gasteiger partial charge in [-0.3, -0.25) is 4.52 Å². The molecule has 44 heavy (non-hydrogen) atoms. The maximum Gasteiger partial charge on any atom is 0.469 e. The number of ether oxygens (including phenoxy) is 1. The summed E-state index contributed by atoms with van der Waals surface area (Å²) in [5.74, 6) is -0.266. The van der Waals surface area contributed by atoms with Crippen molar-refractivity contribution in [3.05, 3.63) is 64.7 Å². The van der Waals surface area contributed by atoms with Gasteiger partial charge >= 0.3 is 20.2 Å². The number of rotatable bonds is 20. The van der Waals surface area contributed by atoms with Crippen molar-refractivity contribution in [1.82, 2.24) is 0 Å². The van der Waals surface area contributed by atoms with Gasteiger partial charge in [-0.05, 0) is 80.7 Å². The van der Waals surface area contributed by atoms with Crippen molar-refractivity contribution in [3.63, 3.8) is 0 Å². The number of aryl methyl sites for hydroxylation is 3. The Kier molecular flexibility index (Phi) is 15.2. The van der Waals surface area contributed by atoms with Crippen LogP contribution in [0.3, 0.4) is 0 Å². The molecule has 0 saturated heterocycles. The van der Waals surface area contributed by atoms with Crippen molar-refractivity contribution in [2.75, 3.05) is 13.2 Å². The smallest absolute Gasteiger partial charge is 0.469 e. The number of hydrogen-bond donors (Lipinski definition) is 3. The zero-order valence-electron chi connectivity index (χ0n) is 25.1. The van der Waals surface area contributed by atoms with Gasteiger partial charge in [0, 0.05) is 12.0 Å². The molecule has 0 heterocycles. The minimum absolute atomic E-state index is 0.0982. The van der Waals surface area contributed by atoms with E-state index in [1.165, 1.54) is 24.6 Å². The molecular formula is C31H44F6NO5P. The first-order valence-electron chi connectivity index (χ1n) is 14.9. The number of phosphoric acid groups is 1. The number of alkyl halides is 6. The van der Waals surface area contributed by atoms with Crippen LogP contribution in [0.2, 0.25) is 0 Å². The van der Waals surface area contributed by atoms with Crippen LogP contribution in [0, 0.1) is 0 Å². The third kappa shape index (κ3) is 16.8. The summed E-state index contributed by atoms with van der Waals surface area (Å²) in [5.41, 5.74) is 6.53. The molecule has 2 aromatic rings. The first-order chi connectivity index (χ1) is 20.4. The van der Waals surface area contributed by atoms with Gasteiger partial charge in [-0.15, -0.1) is 0 Å². The summed E-state index contributed by atoms with van der Waals surface area (Å²) in [7, 11) is -4.71. The van der Waals surface area contributed by atoms with E-state index in [9.17, 15) is 30.9 Å². The average Bonchev–Trinajstić information content (AvgIpc) is 2.92. The lowest BCUT2D eigenvalue weighted by atomic mass is 9.94. The van der Waals surface area contributed by atoms with Gasteiger partial charge in [0.05, 0.1) is 18.8 Å². The molecule has 0 bridgehead atoms. The highest BCUT2D eigenvalue weighted by atomic mass is 31.2. The molecule has 2 rings (SSSR count). The highest BCUT2D eigenvalue weighted by Crippen LogP contribution is 2.38. The van der Waals surface area contributed by atoms with E-state index in [4.69, 9.17) is 20.3 Å². The molecule has 0 aliphatic rings. The molecule has 1 unspecified atom stereocenters. The Morgan fingerprint density at radius 3 is 1.80 bits per heavy atom. The maximum atomic E-state index is 13.8. The average molecular weight is 656 g/mol. The fraction of sp³-hybridized carbons (Fsp3) is 0.613. The van der Waals surface area contributed by atoms with Crippen LogP contribution in [0.5, 0.6) is 5.75 Å². The van der Waals surface area contributed by atoms with E-state index in [1.54, 1.807) is 0 Å². The maximum absolute atomic E-state index is 13.8. The molecule has 0 saturated carbocycles. The van der Waals surface area contributed by atoms with Crippen molar-refractivity contribution >= 4 is 7.82 Å². The quantitative estimate of drug-likeness (QED) is 0.0750. The molecule has 4 N–H and O–H groups in total. The van der Waals surface area contributed by atoms with Crippen LogP contribution in [-0.2, 0) is 34.5 Å². The Labute approximate surface area is 255 Å². The van der Waals surface area contributed by atoms with E-state index < -0.39 is 44.3 Å². The fourth-order valence-corrected chi connectivity index (χ4v) is 5.15. The van der Waals surface area contributed by atoms with Gasteiger partial charge in [0.2, 0.25) is 0 Å². The molecule has 0 aromatic heterocycles. The number of unbranched alkanes of at least 4 members (excludes halogenated alkanes) is 6. The Morgan fingerprint density at radius 1 is 0.727 bits per heavy atom. The Hall–Kier alpha value is -2.11. The second-order valence-electron chi connectivity index (χ2n) is 11.6. The number of phosphoric ester groups is 1. The molecule has 0 fully saturated rings. The largest absolute Gasteiger partial charge is 0.493 e. The standard InChI is InChI=1S/C31H44F6NO5P/c1-29(38,23-43-44(39,40)41)20-18-26-16-17-28(27(22-26)31(35,36)37)42-21-9-11-25-14-12-24(13-15-25)10-7-5-3-2-4-6-8-19-30(32,33)34/h12-17,22H,2-11,18-21,23,38H2,1H3,(H2,39,40,41). The summed E-state index contributed by atoms with van der Waals surface area (Å²) in [6.45, 7) is 1.15. The van der Waals surface area contributed by atoms with Crippen molar-refractivity contribution in [2.24, 2.45) is 5.73 Å². The summed E-state index contributed by atoms with van der Waals surface area (Å²) in [5, 5.41) is 0. The summed E-state index contributed by atoms with van der Waals surface area (Å²) in [6.07, 6.45) is -1.41. The van der Waals surface area contributed by atoms with Gasteiger partial charge in [0.15, 0.2) is 0 Å². The zero-order chi connectivity index (χ0) is 32.9. The van der Waals surface area contributed by atoms with Gasteiger partial charge in [0.1, 0.15) is 5.75 Å². The molecule has 0 radical (unpaired) electrons. The lowest BCUT2D eigenvalue weighted by Crippen LogP contribution is -2.41. The van der Waals surface area contributed by atoms with Gasteiger partial charge in [-0.1, -0.05) is 62.4 Å². The first kappa shape index (κ1) is 38.1. The van der Waals surface area contributed by atoms with Crippen LogP contribution < -0.4 is 10.5 Å². The Balaban J connectivity index is 1.73. The number of benzene rings is 2. The second kappa shape index (κ2) is 17.5. The van der Waals surface area contributed by atoms with Crippen LogP contribution in [0.15, 0.2) is 42.5 Å². The highest BCUT2D eigenvalue weighted by Gasteiger charge is 2.35. The highest BCUT2D eigenvalue weighted by molar-refractivity contribution is 7.46. The van der Waals surface area contributed by atoms with Crippen LogP contribution >= 0.6 is 7.82 Å². The van der Waals surface area contributed by atoms with Crippen molar-refractivity contribution in [2.45, 2.75) is 108 Å². The Bertz CT molecular complexity index is 1170. The minimum atomic E-state index is -4.71. The number of nitrogens with two attached hydrogens (primary N) is 1. The Morgan fingerprint density at radius 2 is 1.25 bits per heavy atom. The third-order valence-electron chi connectivity index (χ3n) is 7.21. The van der Waals surface area contributed by atoms with Gasteiger partial charge in [-0.2, -0.15) is 26.3 Å². The molecular weight excluding hydrogens is 611 g/mol. The van der Waals surface area contributed by atoms with Crippen LogP contribution in [0.4, 0.5) is 26.3 Å². The third-order valence-corrected chi connectivity index (χ3v) is 7.68. The summed E-state index contributed by atoms with van der Waals surface area (Å²) in [6, 6.07) is 11.9. The van der Waals surface area contributed by atoms with E-state index in [-0.39, 0.29) is 31.6 Å². The molecule has 2 aromatic carbocycles. The molecule has 0 spiro atoms. The normalized spacial score (nSPS) is 14.0. The second-order valence-corrected chi connectivity index (χ2v) is 12.8. The van der Waals surface area contributed by atoms with Gasteiger partial charge in [-0.25, -0.2) is 4.57 Å². The monoisotopic (exact) mass is 655 g/mol. The lowest BCUT2D eigenvalue weighted by Gasteiger charge is -2.24. The zero-order valence-corrected chi connectivity index (χ0v) is 26.0. The molecule has 0 amide bonds. The molecule has 13 heteroatoms. The van der Waals surface area contributed by atoms with Crippen LogP contribution in [0.1, 0.15) is 93.4 Å². The lowest BCUT2D eigenvalue weighted by molar-refractivity contribution is -0.139. The molecule has 0 aliphatic heterocycles. The molecule has 6 nitrogen and oxygen atoms in total. The molecule has 0 aliphatic carbocycles. The van der Waals surface area contributed by atoms with Crippen molar-refractivity contribution < 1.29 is 50.0 Å². The van der Waals surface area contributed by atoms with E-state index >= 15 is 0 Å².